The third-order valence-electron chi connectivity index (χ3n) is 8.45. The maximum atomic E-state index is 10.5. The van der Waals surface area contributed by atoms with Crippen LogP contribution in [0.5, 0.6) is 0 Å². The maximum Gasteiger partial charge on any atom is 0.0918 e. The van der Waals surface area contributed by atoms with Crippen LogP contribution < -0.4 is 0 Å². The molecule has 4 aliphatic carbocycles. The van der Waals surface area contributed by atoms with E-state index in [2.05, 4.69) is 19.9 Å². The Morgan fingerprint density at radius 3 is 2.55 bits per heavy atom. The van der Waals surface area contributed by atoms with Gasteiger partial charge in [-0.1, -0.05) is 13.8 Å². The van der Waals surface area contributed by atoms with E-state index in [9.17, 15) is 5.11 Å². The zero-order valence-corrected chi connectivity index (χ0v) is 14.5. The van der Waals surface area contributed by atoms with Gasteiger partial charge in [0, 0.05) is 6.42 Å². The minimum Gasteiger partial charge on any atom is -0.501 e. The second-order valence-electron chi connectivity index (χ2n) is 9.04. The zero-order chi connectivity index (χ0) is 15.5. The summed E-state index contributed by atoms with van der Waals surface area (Å²) in [6.45, 7) is 4.94. The quantitative estimate of drug-likeness (QED) is 0.771. The van der Waals surface area contributed by atoms with Crippen LogP contribution in [0, 0.1) is 34.5 Å². The molecule has 0 saturated heterocycles. The van der Waals surface area contributed by atoms with Crippen molar-refractivity contribution in [3.05, 3.63) is 11.8 Å². The van der Waals surface area contributed by atoms with Gasteiger partial charge in [0.05, 0.1) is 19.0 Å². The number of fused-ring (bicyclic) bond motifs is 5. The highest BCUT2D eigenvalue weighted by atomic mass is 16.5. The van der Waals surface area contributed by atoms with Gasteiger partial charge in [-0.2, -0.15) is 0 Å². The Labute approximate surface area is 135 Å². The van der Waals surface area contributed by atoms with Crippen molar-refractivity contribution in [3.63, 3.8) is 0 Å². The first-order valence-electron chi connectivity index (χ1n) is 9.42. The molecule has 4 aliphatic rings. The van der Waals surface area contributed by atoms with E-state index in [0.29, 0.717) is 11.3 Å². The molecule has 0 aliphatic heterocycles. The fraction of sp³-hybridized carbons (Fsp3) is 0.900. The lowest BCUT2D eigenvalue weighted by molar-refractivity contribution is -0.106. The van der Waals surface area contributed by atoms with Gasteiger partial charge in [-0.25, -0.2) is 0 Å². The average Bonchev–Trinajstić information content (AvgIpc) is 2.82. The van der Waals surface area contributed by atoms with Crippen LogP contribution >= 0.6 is 0 Å². The zero-order valence-electron chi connectivity index (χ0n) is 14.5. The van der Waals surface area contributed by atoms with Crippen molar-refractivity contribution in [3.8, 4) is 0 Å². The highest BCUT2D eigenvalue weighted by Crippen LogP contribution is 2.65. The minimum absolute atomic E-state index is 0.0460. The Bertz CT molecular complexity index is 484. The molecule has 124 valence electrons. The van der Waals surface area contributed by atoms with Crippen molar-refractivity contribution in [2.45, 2.75) is 71.3 Å². The van der Waals surface area contributed by atoms with Crippen molar-refractivity contribution < 1.29 is 9.84 Å². The lowest BCUT2D eigenvalue weighted by Crippen LogP contribution is -2.52. The molecule has 0 bridgehead atoms. The Morgan fingerprint density at radius 2 is 1.77 bits per heavy atom. The first-order valence-corrected chi connectivity index (χ1v) is 9.42. The number of allylic oxidation sites excluding steroid dienone is 2. The molecule has 0 spiro atoms. The van der Waals surface area contributed by atoms with Crippen LogP contribution in [0.1, 0.15) is 65.2 Å². The molecule has 0 radical (unpaired) electrons. The van der Waals surface area contributed by atoms with Gasteiger partial charge >= 0.3 is 0 Å². The van der Waals surface area contributed by atoms with Gasteiger partial charge in [0.15, 0.2) is 0 Å². The number of methoxy groups -OCH3 is 1. The van der Waals surface area contributed by atoms with Gasteiger partial charge in [-0.15, -0.1) is 0 Å². The Morgan fingerprint density at radius 1 is 1.00 bits per heavy atom. The highest BCUT2D eigenvalue weighted by Gasteiger charge is 2.59. The van der Waals surface area contributed by atoms with Gasteiger partial charge in [0.25, 0.3) is 0 Å². The summed E-state index contributed by atoms with van der Waals surface area (Å²) >= 11 is 0. The van der Waals surface area contributed by atoms with Crippen LogP contribution in [0.2, 0.25) is 0 Å². The number of aliphatic hydroxyl groups is 1. The van der Waals surface area contributed by atoms with Crippen molar-refractivity contribution in [2.75, 3.05) is 7.11 Å². The second-order valence-corrected chi connectivity index (χ2v) is 9.04. The molecule has 3 fully saturated rings. The van der Waals surface area contributed by atoms with Crippen LogP contribution in [0.4, 0.5) is 0 Å². The van der Waals surface area contributed by atoms with Crippen LogP contribution in [0.15, 0.2) is 11.8 Å². The van der Waals surface area contributed by atoms with Gasteiger partial charge < -0.3 is 9.84 Å². The normalized spacial score (nSPS) is 54.0. The monoisotopic (exact) mass is 304 g/mol. The van der Waals surface area contributed by atoms with Crippen LogP contribution in [0.3, 0.4) is 0 Å². The van der Waals surface area contributed by atoms with Crippen LogP contribution in [0.25, 0.3) is 0 Å². The standard InChI is InChI=1S/C20H32O2/c1-19-10-8-14(22-3)12-13(19)4-5-15-16-6-7-18(21)20(16,2)11-9-17(15)19/h12-13,15-18,21H,4-11H2,1-3H3/t13?,15-,16-,17-,18?,19-,20-/m0/s1. The average molecular weight is 304 g/mol. The Kier molecular flexibility index (Phi) is 3.42. The summed E-state index contributed by atoms with van der Waals surface area (Å²) in [6.07, 6.45) is 12.4. The summed E-state index contributed by atoms with van der Waals surface area (Å²) in [6, 6.07) is 0. The van der Waals surface area contributed by atoms with E-state index in [4.69, 9.17) is 4.74 Å². The van der Waals surface area contributed by atoms with Crippen molar-refractivity contribution in [1.29, 1.82) is 0 Å². The highest BCUT2D eigenvalue weighted by molar-refractivity contribution is 5.15. The number of aliphatic hydroxyl groups excluding tert-OH is 1. The van der Waals surface area contributed by atoms with E-state index in [1.54, 1.807) is 0 Å². The van der Waals surface area contributed by atoms with E-state index in [1.165, 1.54) is 44.3 Å². The van der Waals surface area contributed by atoms with Gasteiger partial charge in [-0.05, 0) is 85.5 Å². The first kappa shape index (κ1) is 15.1. The summed E-state index contributed by atoms with van der Waals surface area (Å²) in [5, 5.41) is 10.5. The Balaban J connectivity index is 1.63. The fourth-order valence-corrected chi connectivity index (χ4v) is 6.97. The largest absolute Gasteiger partial charge is 0.501 e. The van der Waals surface area contributed by atoms with Crippen LogP contribution in [-0.2, 0) is 4.74 Å². The molecule has 1 N–H and O–H groups in total. The van der Waals surface area contributed by atoms with Crippen molar-refractivity contribution >= 4 is 0 Å². The van der Waals surface area contributed by atoms with E-state index in [0.717, 1.165) is 30.6 Å². The Hall–Kier alpha value is -0.500. The molecule has 2 unspecified atom stereocenters. The summed E-state index contributed by atoms with van der Waals surface area (Å²) in [7, 11) is 1.83. The van der Waals surface area contributed by atoms with Gasteiger partial charge in [0.2, 0.25) is 0 Å². The van der Waals surface area contributed by atoms with Gasteiger partial charge in [0.1, 0.15) is 0 Å². The number of hydrogen-bond acceptors (Lipinski definition) is 2. The molecule has 0 amide bonds. The topological polar surface area (TPSA) is 29.5 Å². The number of hydrogen-bond donors (Lipinski definition) is 1. The second kappa shape index (κ2) is 5.00. The third kappa shape index (κ3) is 1.89. The molecule has 0 aromatic carbocycles. The molecular formula is C20H32O2. The van der Waals surface area contributed by atoms with E-state index < -0.39 is 0 Å². The lowest BCUT2D eigenvalue weighted by Gasteiger charge is -2.59. The van der Waals surface area contributed by atoms with Crippen LogP contribution in [-0.4, -0.2) is 18.3 Å². The van der Waals surface area contributed by atoms with E-state index >= 15 is 0 Å². The van der Waals surface area contributed by atoms with Crippen molar-refractivity contribution in [1.82, 2.24) is 0 Å². The molecule has 0 aromatic rings. The summed E-state index contributed by atoms with van der Waals surface area (Å²) in [4.78, 5) is 0. The fourth-order valence-electron chi connectivity index (χ4n) is 6.97. The molecule has 0 heterocycles. The predicted octanol–water partition coefficient (Wildman–Crippen LogP) is 4.53. The lowest BCUT2D eigenvalue weighted by atomic mass is 9.46. The smallest absolute Gasteiger partial charge is 0.0918 e. The summed E-state index contributed by atoms with van der Waals surface area (Å²) in [5.41, 5.74) is 0.687. The first-order chi connectivity index (χ1) is 10.5. The molecule has 22 heavy (non-hydrogen) atoms. The number of ether oxygens (including phenoxy) is 1. The van der Waals surface area contributed by atoms with Gasteiger partial charge in [-0.3, -0.25) is 0 Å². The third-order valence-corrected chi connectivity index (χ3v) is 8.45. The molecule has 0 aromatic heterocycles. The molecule has 7 atom stereocenters. The SMILES string of the molecule is COC1=CC2CC[C@@H]3[C@H](CC[C@]4(C)C(O)CC[C@@H]34)[C@@]2(C)CC1. The summed E-state index contributed by atoms with van der Waals surface area (Å²) < 4.78 is 5.55. The molecular weight excluding hydrogens is 272 g/mol. The van der Waals surface area contributed by atoms with E-state index in [1.807, 2.05) is 7.11 Å². The molecule has 2 heteroatoms. The summed E-state index contributed by atoms with van der Waals surface area (Å²) in [5.74, 6) is 4.43. The molecule has 3 saturated carbocycles. The van der Waals surface area contributed by atoms with Crippen molar-refractivity contribution in [2.24, 2.45) is 34.5 Å². The van der Waals surface area contributed by atoms with E-state index in [-0.39, 0.29) is 11.5 Å². The minimum atomic E-state index is -0.0460. The maximum absolute atomic E-state index is 10.5. The predicted molar refractivity (Wildman–Crippen MR) is 88.2 cm³/mol. The molecule has 2 nitrogen and oxygen atoms in total. The molecule has 4 rings (SSSR count). The number of rotatable bonds is 1.